The summed E-state index contributed by atoms with van der Waals surface area (Å²) in [6, 6.07) is 3.61. The normalized spacial score (nSPS) is 19.6. The lowest BCUT2D eigenvalue weighted by Gasteiger charge is -2.25. The van der Waals surface area contributed by atoms with Gasteiger partial charge in [0.1, 0.15) is 25.2 Å². The molecule has 0 spiro atoms. The molecule has 4 rings (SSSR count). The number of anilines is 1. The first-order valence-corrected chi connectivity index (χ1v) is 19.4. The smallest absolute Gasteiger partial charge is 0.407 e. The van der Waals surface area contributed by atoms with Gasteiger partial charge in [-0.1, -0.05) is 32.4 Å². The third kappa shape index (κ3) is 13.3. The highest BCUT2D eigenvalue weighted by atomic mass is 32.2. The molecule has 1 aromatic carbocycles. The second-order valence-electron chi connectivity index (χ2n) is 13.8. The molecule has 3 aliphatic rings. The van der Waals surface area contributed by atoms with Crippen molar-refractivity contribution in [1.82, 2.24) is 37.0 Å². The lowest BCUT2D eigenvalue weighted by molar-refractivity contribution is -0.196. The molecule has 0 bridgehead atoms. The molecule has 3 heterocycles. The van der Waals surface area contributed by atoms with Crippen LogP contribution in [-0.4, -0.2) is 107 Å². The van der Waals surface area contributed by atoms with Crippen molar-refractivity contribution in [1.29, 1.82) is 0 Å². The number of hydrogen-bond acceptors (Lipinski definition) is 12. The van der Waals surface area contributed by atoms with E-state index in [0.29, 0.717) is 29.2 Å². The van der Waals surface area contributed by atoms with Crippen molar-refractivity contribution in [2.24, 2.45) is 11.7 Å². The minimum absolute atomic E-state index is 0.0666. The first kappa shape index (κ1) is 43.1. The summed E-state index contributed by atoms with van der Waals surface area (Å²) >= 11 is 1.80. The molecule has 21 heteroatoms. The number of urea groups is 2. The van der Waals surface area contributed by atoms with Gasteiger partial charge in [-0.05, 0) is 49.3 Å². The van der Waals surface area contributed by atoms with Crippen LogP contribution in [0.2, 0.25) is 0 Å². The van der Waals surface area contributed by atoms with E-state index >= 15 is 0 Å². The largest absolute Gasteiger partial charge is 0.445 e. The molecule has 3 fully saturated rings. The zero-order chi connectivity index (χ0) is 40.8. The van der Waals surface area contributed by atoms with Gasteiger partial charge in [-0.25, -0.2) is 19.2 Å². The third-order valence-corrected chi connectivity index (χ3v) is 10.6. The number of hydroxylamine groups is 2. The third-order valence-electron chi connectivity index (χ3n) is 9.12. The van der Waals surface area contributed by atoms with Crippen molar-refractivity contribution in [2.75, 3.05) is 24.2 Å². The molecule has 306 valence electrons. The van der Waals surface area contributed by atoms with Crippen LogP contribution in [0.4, 0.5) is 20.1 Å². The molecule has 3 saturated heterocycles. The number of unbranched alkanes of at least 4 members (excludes halogenated alkanes) is 1. The first-order valence-electron chi connectivity index (χ1n) is 18.4. The Labute approximate surface area is 327 Å². The number of carbonyl (C=O) groups excluding carboxylic acids is 9. The molecule has 56 heavy (non-hydrogen) atoms. The van der Waals surface area contributed by atoms with Crippen LogP contribution in [0.3, 0.4) is 0 Å². The Kier molecular flexibility index (Phi) is 16.1. The fraction of sp³-hybridized carbons (Fsp3) is 0.571. The van der Waals surface area contributed by atoms with Crippen molar-refractivity contribution in [3.63, 3.8) is 0 Å². The summed E-state index contributed by atoms with van der Waals surface area (Å²) in [6.07, 6.45) is 1.77. The molecular weight excluding hydrogens is 755 g/mol. The van der Waals surface area contributed by atoms with E-state index in [4.69, 9.17) is 10.5 Å². The summed E-state index contributed by atoms with van der Waals surface area (Å²) in [5, 5.41) is 19.4. The minimum Gasteiger partial charge on any atom is -0.445 e. The highest BCUT2D eigenvalue weighted by Gasteiger charge is 2.42. The number of rotatable bonds is 20. The van der Waals surface area contributed by atoms with Crippen LogP contribution in [0.15, 0.2) is 24.3 Å². The SMILES string of the molecule is CC(C)[C@H](NC(=O)CCCC[C@H]1SC[C@H]2NC(=O)N[C@H]21)C(=O)N[C@@H](CCCNC(N)=O)C(=O)Nc1ccc(COC(=O)NCC(=O)ON2C(=O)CCC2=O)cc1. The fourth-order valence-electron chi connectivity index (χ4n) is 6.15. The Morgan fingerprint density at radius 2 is 1.64 bits per heavy atom. The Bertz CT molecular complexity index is 1630. The van der Waals surface area contributed by atoms with E-state index in [9.17, 15) is 43.2 Å². The lowest BCUT2D eigenvalue weighted by Crippen LogP contribution is -2.54. The van der Waals surface area contributed by atoms with Gasteiger partial charge < -0.3 is 52.5 Å². The highest BCUT2D eigenvalue weighted by molar-refractivity contribution is 8.00. The highest BCUT2D eigenvalue weighted by Crippen LogP contribution is 2.33. The maximum atomic E-state index is 13.5. The van der Waals surface area contributed by atoms with Crippen LogP contribution in [-0.2, 0) is 44.9 Å². The van der Waals surface area contributed by atoms with E-state index in [0.717, 1.165) is 18.6 Å². The summed E-state index contributed by atoms with van der Waals surface area (Å²) in [6.45, 7) is 2.86. The van der Waals surface area contributed by atoms with Gasteiger partial charge >= 0.3 is 24.1 Å². The van der Waals surface area contributed by atoms with Crippen LogP contribution in [0.25, 0.3) is 0 Å². The van der Waals surface area contributed by atoms with E-state index in [1.54, 1.807) is 49.9 Å². The lowest BCUT2D eigenvalue weighted by atomic mass is 10.0. The average Bonchev–Trinajstić information content (AvgIpc) is 3.81. The van der Waals surface area contributed by atoms with Gasteiger partial charge in [0.25, 0.3) is 11.8 Å². The number of benzene rings is 1. The quantitative estimate of drug-likeness (QED) is 0.0501. The van der Waals surface area contributed by atoms with Crippen LogP contribution in [0.1, 0.15) is 70.8 Å². The molecule has 10 amide bonds. The van der Waals surface area contributed by atoms with Gasteiger partial charge in [0.15, 0.2) is 0 Å². The number of thioether (sulfide) groups is 1. The van der Waals surface area contributed by atoms with Crippen molar-refractivity contribution in [3.05, 3.63) is 29.8 Å². The number of carbonyl (C=O) groups is 9. The van der Waals surface area contributed by atoms with Crippen LogP contribution >= 0.6 is 11.8 Å². The van der Waals surface area contributed by atoms with Crippen molar-refractivity contribution in [3.8, 4) is 0 Å². The van der Waals surface area contributed by atoms with Gasteiger partial charge in [-0.2, -0.15) is 11.8 Å². The van der Waals surface area contributed by atoms with E-state index in [1.807, 2.05) is 0 Å². The van der Waals surface area contributed by atoms with E-state index in [2.05, 4.69) is 42.1 Å². The Balaban J connectivity index is 1.23. The molecule has 0 aromatic heterocycles. The van der Waals surface area contributed by atoms with Crippen molar-refractivity contribution in [2.45, 2.75) is 101 Å². The predicted octanol–water partition coefficient (Wildman–Crippen LogP) is 0.258. The number of primary amides is 1. The first-order chi connectivity index (χ1) is 26.7. The van der Waals surface area contributed by atoms with Gasteiger partial charge in [0.05, 0.1) is 12.1 Å². The van der Waals surface area contributed by atoms with E-state index in [1.165, 1.54) is 0 Å². The number of nitrogens with two attached hydrogens (primary N) is 1. The second kappa shape index (κ2) is 20.9. The fourth-order valence-corrected chi connectivity index (χ4v) is 7.70. The van der Waals surface area contributed by atoms with Crippen LogP contribution < -0.4 is 43.0 Å². The van der Waals surface area contributed by atoms with E-state index < -0.39 is 60.4 Å². The monoisotopic (exact) mass is 803 g/mol. The summed E-state index contributed by atoms with van der Waals surface area (Å²) in [5.41, 5.74) is 6.04. The molecule has 0 aliphatic carbocycles. The number of nitrogens with zero attached hydrogens (tertiary/aromatic N) is 1. The zero-order valence-corrected chi connectivity index (χ0v) is 32.0. The van der Waals surface area contributed by atoms with Crippen LogP contribution in [0.5, 0.6) is 0 Å². The number of amides is 10. The van der Waals surface area contributed by atoms with Crippen molar-refractivity contribution >= 4 is 71.1 Å². The molecule has 1 aromatic rings. The van der Waals surface area contributed by atoms with Gasteiger partial charge in [0.2, 0.25) is 17.7 Å². The summed E-state index contributed by atoms with van der Waals surface area (Å²) in [4.78, 5) is 114. The minimum atomic E-state index is -1.05. The molecule has 0 unspecified atom stereocenters. The Hall–Kier alpha value is -5.60. The molecular formula is C35H49N9O11S. The number of nitrogens with one attached hydrogen (secondary N) is 7. The Morgan fingerprint density at radius 3 is 2.32 bits per heavy atom. The molecule has 0 radical (unpaired) electrons. The number of ether oxygens (including phenoxy) is 1. The maximum absolute atomic E-state index is 13.5. The van der Waals surface area contributed by atoms with Gasteiger partial charge in [-0.15, -0.1) is 5.06 Å². The van der Waals surface area contributed by atoms with Crippen LogP contribution in [0, 0.1) is 5.92 Å². The molecule has 3 aliphatic heterocycles. The molecule has 5 atom stereocenters. The standard InChI is InChI=1S/C35H49N9O11S/c1-19(2)29(42-25(45)8-4-3-7-24-30-23(18-56-24)41-34(52)43-30)32(50)40-22(6-5-15-37-33(36)51)31(49)39-21-11-9-20(10-12-21)17-54-35(53)38-16-28(48)55-44-26(46)13-14-27(44)47/h9-12,19,22-24,29-30H,3-8,13-18H2,1-2H3,(H,38,53)(H,39,49)(H,40,50)(H,42,45)(H3,36,37,51)(H2,41,43,52)/t22-,23+,24+,29-,30+/m0/s1. The second-order valence-corrected chi connectivity index (χ2v) is 15.1. The predicted molar refractivity (Wildman–Crippen MR) is 200 cm³/mol. The zero-order valence-electron chi connectivity index (χ0n) is 31.2. The number of alkyl carbamates (subject to hydrolysis) is 1. The molecule has 20 nitrogen and oxygen atoms in total. The summed E-state index contributed by atoms with van der Waals surface area (Å²) in [7, 11) is 0. The average molecular weight is 804 g/mol. The topological polar surface area (TPSA) is 286 Å². The van der Waals surface area contributed by atoms with Crippen molar-refractivity contribution < 1.29 is 52.7 Å². The molecule has 0 saturated carbocycles. The summed E-state index contributed by atoms with van der Waals surface area (Å²) < 4.78 is 5.08. The Morgan fingerprint density at radius 1 is 0.929 bits per heavy atom. The van der Waals surface area contributed by atoms with Gasteiger partial charge in [0, 0.05) is 42.5 Å². The number of hydrogen-bond donors (Lipinski definition) is 8. The van der Waals surface area contributed by atoms with E-state index in [-0.39, 0.29) is 74.0 Å². The molecule has 9 N–H and O–H groups in total. The number of fused-ring (bicyclic) bond motifs is 1. The summed E-state index contributed by atoms with van der Waals surface area (Å²) in [5.74, 6) is -3.19. The van der Waals surface area contributed by atoms with Gasteiger partial charge in [-0.3, -0.25) is 24.0 Å². The maximum Gasteiger partial charge on any atom is 0.407 e. The number of imide groups is 1.